The number of nitrogens with one attached hydrogen (secondary N) is 1. The largest absolute Gasteiger partial charge is 0.495 e. The summed E-state index contributed by atoms with van der Waals surface area (Å²) in [6.07, 6.45) is 5.54. The van der Waals surface area contributed by atoms with Gasteiger partial charge in [-0.05, 0) is 17.7 Å². The summed E-state index contributed by atoms with van der Waals surface area (Å²) < 4.78 is 7.15. The minimum atomic E-state index is 0.645. The van der Waals surface area contributed by atoms with Crippen LogP contribution in [0.3, 0.4) is 0 Å². The first-order valence-electron chi connectivity index (χ1n) is 5.78. The molecule has 0 saturated carbocycles. The normalized spacial score (nSPS) is 10.6. The van der Waals surface area contributed by atoms with Crippen LogP contribution < -0.4 is 10.1 Å². The molecule has 1 heterocycles. The lowest BCUT2D eigenvalue weighted by molar-refractivity contribution is 0.415. The molecule has 0 unspecified atom stereocenters. The number of hydrogen-bond acceptors (Lipinski definition) is 3. The van der Waals surface area contributed by atoms with Crippen LogP contribution in [0, 0.1) is 0 Å². The standard InChI is InChI=1S/C13H16ClN3O/c1-18-13-3-2-11(8-12(13)14)9-15-4-6-17-7-5-16-10-17/h2-3,5,7-8,10,15H,4,6,9H2,1H3. The van der Waals surface area contributed by atoms with Gasteiger partial charge in [0.2, 0.25) is 0 Å². The lowest BCUT2D eigenvalue weighted by atomic mass is 10.2. The van der Waals surface area contributed by atoms with Crippen molar-refractivity contribution in [2.45, 2.75) is 13.1 Å². The second-order valence-electron chi connectivity index (χ2n) is 3.95. The maximum Gasteiger partial charge on any atom is 0.137 e. The summed E-state index contributed by atoms with van der Waals surface area (Å²) >= 11 is 6.06. The highest BCUT2D eigenvalue weighted by molar-refractivity contribution is 6.32. The molecule has 1 N–H and O–H groups in total. The summed E-state index contributed by atoms with van der Waals surface area (Å²) in [5.74, 6) is 0.707. The first-order valence-corrected chi connectivity index (χ1v) is 6.16. The Balaban J connectivity index is 1.78. The van der Waals surface area contributed by atoms with Crippen molar-refractivity contribution in [1.82, 2.24) is 14.9 Å². The van der Waals surface area contributed by atoms with Crippen molar-refractivity contribution in [2.24, 2.45) is 0 Å². The van der Waals surface area contributed by atoms with Crippen LogP contribution in [-0.4, -0.2) is 23.2 Å². The second kappa shape index (κ2) is 6.42. The minimum absolute atomic E-state index is 0.645. The maximum atomic E-state index is 6.06. The molecule has 0 amide bonds. The average molecular weight is 266 g/mol. The molecule has 0 bridgehead atoms. The third-order valence-corrected chi connectivity index (χ3v) is 2.95. The SMILES string of the molecule is COc1ccc(CNCCn2ccnc2)cc1Cl. The molecule has 4 nitrogen and oxygen atoms in total. The highest BCUT2D eigenvalue weighted by Crippen LogP contribution is 2.24. The molecule has 2 rings (SSSR count). The van der Waals surface area contributed by atoms with E-state index in [1.54, 1.807) is 13.3 Å². The van der Waals surface area contributed by atoms with Crippen molar-refractivity contribution in [3.05, 3.63) is 47.5 Å². The molecule has 0 atom stereocenters. The van der Waals surface area contributed by atoms with Crippen LogP contribution in [0.5, 0.6) is 5.75 Å². The van der Waals surface area contributed by atoms with Gasteiger partial charge < -0.3 is 14.6 Å². The van der Waals surface area contributed by atoms with Crippen molar-refractivity contribution in [2.75, 3.05) is 13.7 Å². The molecule has 5 heteroatoms. The van der Waals surface area contributed by atoms with Crippen LogP contribution in [0.15, 0.2) is 36.9 Å². The number of methoxy groups -OCH3 is 1. The Bertz CT molecular complexity index is 485. The molecule has 18 heavy (non-hydrogen) atoms. The van der Waals surface area contributed by atoms with Gasteiger partial charge in [0.15, 0.2) is 0 Å². The van der Waals surface area contributed by atoms with Crippen LogP contribution in [0.25, 0.3) is 0 Å². The fraction of sp³-hybridized carbons (Fsp3) is 0.308. The van der Waals surface area contributed by atoms with Gasteiger partial charge in [0.1, 0.15) is 5.75 Å². The van der Waals surface area contributed by atoms with E-state index in [2.05, 4.69) is 10.3 Å². The number of rotatable bonds is 6. The number of imidazole rings is 1. The second-order valence-corrected chi connectivity index (χ2v) is 4.35. The van der Waals surface area contributed by atoms with Gasteiger partial charge in [-0.15, -0.1) is 0 Å². The molecule has 0 saturated heterocycles. The van der Waals surface area contributed by atoms with E-state index in [0.717, 1.165) is 25.2 Å². The third kappa shape index (κ3) is 3.48. The predicted molar refractivity (Wildman–Crippen MR) is 71.9 cm³/mol. The van der Waals surface area contributed by atoms with E-state index in [-0.39, 0.29) is 0 Å². The van der Waals surface area contributed by atoms with Crippen molar-refractivity contribution in [3.63, 3.8) is 0 Å². The van der Waals surface area contributed by atoms with Gasteiger partial charge in [-0.25, -0.2) is 4.98 Å². The molecule has 0 spiro atoms. The first kappa shape index (κ1) is 12.9. The summed E-state index contributed by atoms with van der Waals surface area (Å²) in [7, 11) is 1.62. The molecule has 0 aliphatic heterocycles. The van der Waals surface area contributed by atoms with E-state index in [1.807, 2.05) is 35.3 Å². The van der Waals surface area contributed by atoms with Gasteiger partial charge in [-0.2, -0.15) is 0 Å². The lowest BCUT2D eigenvalue weighted by Gasteiger charge is -2.08. The van der Waals surface area contributed by atoms with Crippen molar-refractivity contribution in [3.8, 4) is 5.75 Å². The monoisotopic (exact) mass is 265 g/mol. The minimum Gasteiger partial charge on any atom is -0.495 e. The molecule has 1 aromatic heterocycles. The number of nitrogens with zero attached hydrogens (tertiary/aromatic N) is 2. The van der Waals surface area contributed by atoms with Crippen LogP contribution >= 0.6 is 11.6 Å². The van der Waals surface area contributed by atoms with Gasteiger partial charge in [0.25, 0.3) is 0 Å². The molecule has 0 aliphatic rings. The fourth-order valence-corrected chi connectivity index (χ4v) is 1.96. The average Bonchev–Trinajstić information content (AvgIpc) is 2.88. The van der Waals surface area contributed by atoms with E-state index in [0.29, 0.717) is 10.8 Å². The molecule has 0 radical (unpaired) electrons. The van der Waals surface area contributed by atoms with Crippen molar-refractivity contribution in [1.29, 1.82) is 0 Å². The molecular formula is C13H16ClN3O. The number of aromatic nitrogens is 2. The highest BCUT2D eigenvalue weighted by atomic mass is 35.5. The third-order valence-electron chi connectivity index (χ3n) is 2.65. The summed E-state index contributed by atoms with van der Waals surface area (Å²) in [6.45, 7) is 2.59. The molecule has 1 aromatic carbocycles. The zero-order valence-corrected chi connectivity index (χ0v) is 11.0. The Morgan fingerprint density at radius 3 is 3.00 bits per heavy atom. The maximum absolute atomic E-state index is 6.06. The van der Waals surface area contributed by atoms with E-state index in [4.69, 9.17) is 16.3 Å². The molecule has 2 aromatic rings. The lowest BCUT2D eigenvalue weighted by Crippen LogP contribution is -2.18. The summed E-state index contributed by atoms with van der Waals surface area (Å²) in [5, 5.41) is 4.00. The Kier molecular flexibility index (Phi) is 4.61. The fourth-order valence-electron chi connectivity index (χ4n) is 1.68. The summed E-state index contributed by atoms with van der Waals surface area (Å²) in [5.41, 5.74) is 1.14. The zero-order valence-electron chi connectivity index (χ0n) is 10.3. The topological polar surface area (TPSA) is 39.1 Å². The van der Waals surface area contributed by atoms with Gasteiger partial charge >= 0.3 is 0 Å². The predicted octanol–water partition coefficient (Wildman–Crippen LogP) is 2.33. The number of hydrogen-bond donors (Lipinski definition) is 1. The number of benzene rings is 1. The molecule has 96 valence electrons. The Labute approximate surface area is 112 Å². The summed E-state index contributed by atoms with van der Waals surface area (Å²) in [4.78, 5) is 3.99. The molecule has 0 aliphatic carbocycles. The molecular weight excluding hydrogens is 250 g/mol. The van der Waals surface area contributed by atoms with Crippen molar-refractivity contribution >= 4 is 11.6 Å². The molecule has 0 fully saturated rings. The Morgan fingerprint density at radius 1 is 1.44 bits per heavy atom. The van der Waals surface area contributed by atoms with E-state index < -0.39 is 0 Å². The van der Waals surface area contributed by atoms with Crippen molar-refractivity contribution < 1.29 is 4.74 Å². The smallest absolute Gasteiger partial charge is 0.137 e. The van der Waals surface area contributed by atoms with Crippen LogP contribution in [0.4, 0.5) is 0 Å². The van der Waals surface area contributed by atoms with E-state index in [1.165, 1.54) is 0 Å². The van der Waals surface area contributed by atoms with Gasteiger partial charge in [0.05, 0.1) is 18.5 Å². The number of halogens is 1. The van der Waals surface area contributed by atoms with Gasteiger partial charge in [-0.3, -0.25) is 0 Å². The first-order chi connectivity index (χ1) is 8.79. The van der Waals surface area contributed by atoms with Crippen LogP contribution in [0.2, 0.25) is 5.02 Å². The van der Waals surface area contributed by atoms with Crippen LogP contribution in [-0.2, 0) is 13.1 Å². The van der Waals surface area contributed by atoms with Gasteiger partial charge in [0, 0.05) is 32.0 Å². The summed E-state index contributed by atoms with van der Waals surface area (Å²) in [6, 6.07) is 5.81. The quantitative estimate of drug-likeness (QED) is 0.815. The van der Waals surface area contributed by atoms with Gasteiger partial charge in [-0.1, -0.05) is 17.7 Å². The Morgan fingerprint density at radius 2 is 2.33 bits per heavy atom. The van der Waals surface area contributed by atoms with E-state index >= 15 is 0 Å². The zero-order chi connectivity index (χ0) is 12.8. The Hall–Kier alpha value is -1.52. The van der Waals surface area contributed by atoms with E-state index in [9.17, 15) is 0 Å². The van der Waals surface area contributed by atoms with Crippen LogP contribution in [0.1, 0.15) is 5.56 Å². The number of ether oxygens (including phenoxy) is 1. The highest BCUT2D eigenvalue weighted by Gasteiger charge is 2.01.